The molecule has 0 saturated heterocycles. The van der Waals surface area contributed by atoms with Gasteiger partial charge in [0.1, 0.15) is 0 Å². The Morgan fingerprint density at radius 3 is 2.07 bits per heavy atom. The normalized spacial score (nSPS) is 27.1. The average Bonchev–Trinajstić information content (AvgIpc) is 2.39. The van der Waals surface area contributed by atoms with Crippen molar-refractivity contribution in [3.8, 4) is 0 Å². The Labute approximate surface area is 85.8 Å². The smallest absolute Gasteiger partial charge is 0.211 e. The highest BCUT2D eigenvalue weighted by Crippen LogP contribution is 2.46. The minimum absolute atomic E-state index is 0.0338. The van der Waals surface area contributed by atoms with Gasteiger partial charge in [-0.3, -0.25) is 0 Å². The lowest BCUT2D eigenvalue weighted by Crippen LogP contribution is -2.42. The lowest BCUT2D eigenvalue weighted by molar-refractivity contribution is 0.140. The molecule has 2 heteroatoms. The van der Waals surface area contributed by atoms with E-state index in [2.05, 4.69) is 4.99 Å². The third-order valence-corrected chi connectivity index (χ3v) is 4.10. The maximum absolute atomic E-state index is 10.5. The molecule has 78 valence electrons. The molecule has 0 aromatic carbocycles. The molecular weight excluding hydrogens is 174 g/mol. The quantitative estimate of drug-likeness (QED) is 0.376. The lowest BCUT2D eigenvalue weighted by Gasteiger charge is -2.43. The molecule has 0 aromatic rings. The van der Waals surface area contributed by atoms with Crippen LogP contribution in [-0.4, -0.2) is 11.6 Å². The van der Waals surface area contributed by atoms with Gasteiger partial charge in [0.15, 0.2) is 0 Å². The molecule has 0 atom stereocenters. The molecule has 2 aliphatic rings. The van der Waals surface area contributed by atoms with Gasteiger partial charge in [0.25, 0.3) is 0 Å². The van der Waals surface area contributed by atoms with Crippen molar-refractivity contribution < 1.29 is 4.79 Å². The molecule has 14 heavy (non-hydrogen) atoms. The van der Waals surface area contributed by atoms with E-state index in [1.54, 1.807) is 6.08 Å². The predicted octanol–water partition coefficient (Wildman–Crippen LogP) is 3.22. The van der Waals surface area contributed by atoms with Gasteiger partial charge in [-0.05, 0) is 38.0 Å². The standard InChI is InChI=1S/C12H19NO/c14-10-13-12(8-5-9-12)11-6-3-1-2-4-7-11/h11H,1-9H2. The van der Waals surface area contributed by atoms with E-state index in [-0.39, 0.29) is 5.54 Å². The van der Waals surface area contributed by atoms with E-state index < -0.39 is 0 Å². The van der Waals surface area contributed by atoms with E-state index in [0.29, 0.717) is 5.92 Å². The van der Waals surface area contributed by atoms with Crippen LogP contribution in [0.15, 0.2) is 4.99 Å². The van der Waals surface area contributed by atoms with Gasteiger partial charge in [-0.25, -0.2) is 4.79 Å². The Morgan fingerprint density at radius 2 is 1.64 bits per heavy atom. The molecule has 2 saturated carbocycles. The Hall–Kier alpha value is -0.620. The topological polar surface area (TPSA) is 29.4 Å². The van der Waals surface area contributed by atoms with Gasteiger partial charge < -0.3 is 0 Å². The number of carbonyl (C=O) groups excluding carboxylic acids is 1. The van der Waals surface area contributed by atoms with Gasteiger partial charge in [0.05, 0.1) is 5.54 Å². The molecule has 0 spiro atoms. The predicted molar refractivity (Wildman–Crippen MR) is 55.9 cm³/mol. The van der Waals surface area contributed by atoms with Crippen LogP contribution in [0.4, 0.5) is 0 Å². The van der Waals surface area contributed by atoms with Crippen LogP contribution < -0.4 is 0 Å². The highest BCUT2D eigenvalue weighted by Gasteiger charge is 2.43. The van der Waals surface area contributed by atoms with E-state index in [0.717, 1.165) is 12.8 Å². The van der Waals surface area contributed by atoms with E-state index in [1.807, 2.05) is 0 Å². The summed E-state index contributed by atoms with van der Waals surface area (Å²) in [5.74, 6) is 0.681. The van der Waals surface area contributed by atoms with Crippen molar-refractivity contribution in [1.29, 1.82) is 0 Å². The number of hydrogen-bond donors (Lipinski definition) is 0. The Kier molecular flexibility index (Phi) is 3.02. The van der Waals surface area contributed by atoms with Crippen molar-refractivity contribution in [2.24, 2.45) is 10.9 Å². The maximum Gasteiger partial charge on any atom is 0.235 e. The first-order valence-corrected chi connectivity index (χ1v) is 5.96. The molecule has 2 rings (SSSR count). The van der Waals surface area contributed by atoms with E-state index in [9.17, 15) is 4.79 Å². The van der Waals surface area contributed by atoms with Crippen molar-refractivity contribution >= 4 is 6.08 Å². The average molecular weight is 193 g/mol. The van der Waals surface area contributed by atoms with Crippen LogP contribution in [0.5, 0.6) is 0 Å². The summed E-state index contributed by atoms with van der Waals surface area (Å²) in [5, 5.41) is 0. The fourth-order valence-electron chi connectivity index (χ4n) is 3.06. The first-order chi connectivity index (χ1) is 6.87. The van der Waals surface area contributed by atoms with Gasteiger partial charge in [0, 0.05) is 0 Å². The number of nitrogens with zero attached hydrogens (tertiary/aromatic N) is 1. The zero-order chi connectivity index (χ0) is 9.86. The van der Waals surface area contributed by atoms with Crippen LogP contribution >= 0.6 is 0 Å². The van der Waals surface area contributed by atoms with Crippen molar-refractivity contribution in [3.05, 3.63) is 0 Å². The number of aliphatic imine (C=N–C) groups is 1. The molecular formula is C12H19NO. The Morgan fingerprint density at radius 1 is 1.00 bits per heavy atom. The minimum atomic E-state index is 0.0338. The van der Waals surface area contributed by atoms with Crippen LogP contribution in [0.2, 0.25) is 0 Å². The van der Waals surface area contributed by atoms with Crippen molar-refractivity contribution in [3.63, 3.8) is 0 Å². The lowest BCUT2D eigenvalue weighted by atomic mass is 9.66. The molecule has 0 aromatic heterocycles. The monoisotopic (exact) mass is 193 g/mol. The van der Waals surface area contributed by atoms with E-state index >= 15 is 0 Å². The van der Waals surface area contributed by atoms with E-state index in [1.165, 1.54) is 44.9 Å². The molecule has 2 fully saturated rings. The molecule has 0 bridgehead atoms. The first-order valence-electron chi connectivity index (χ1n) is 5.96. The maximum atomic E-state index is 10.5. The Balaban J connectivity index is 2.05. The van der Waals surface area contributed by atoms with Crippen LogP contribution in [0, 0.1) is 5.92 Å². The molecule has 0 heterocycles. The summed E-state index contributed by atoms with van der Waals surface area (Å²) < 4.78 is 0. The molecule has 0 aliphatic heterocycles. The SMILES string of the molecule is O=C=NC1(C2CCCCCC2)CCC1. The fourth-order valence-corrected chi connectivity index (χ4v) is 3.06. The van der Waals surface area contributed by atoms with Gasteiger partial charge >= 0.3 is 0 Å². The van der Waals surface area contributed by atoms with Crippen LogP contribution in [0.25, 0.3) is 0 Å². The second kappa shape index (κ2) is 4.27. The van der Waals surface area contributed by atoms with Gasteiger partial charge in [-0.2, -0.15) is 4.99 Å². The molecule has 2 aliphatic carbocycles. The number of rotatable bonds is 2. The summed E-state index contributed by atoms with van der Waals surface area (Å²) in [7, 11) is 0. The number of isocyanates is 1. The fraction of sp³-hybridized carbons (Fsp3) is 0.917. The summed E-state index contributed by atoms with van der Waals surface area (Å²) in [6.45, 7) is 0. The first kappa shape index (κ1) is 9.92. The van der Waals surface area contributed by atoms with Gasteiger partial charge in [0.2, 0.25) is 6.08 Å². The minimum Gasteiger partial charge on any atom is -0.211 e. The van der Waals surface area contributed by atoms with E-state index in [4.69, 9.17) is 0 Å². The zero-order valence-electron chi connectivity index (χ0n) is 8.80. The summed E-state index contributed by atoms with van der Waals surface area (Å²) in [5.41, 5.74) is 0.0338. The van der Waals surface area contributed by atoms with Gasteiger partial charge in [-0.15, -0.1) is 0 Å². The second-order valence-electron chi connectivity index (χ2n) is 4.85. The molecule has 0 unspecified atom stereocenters. The summed E-state index contributed by atoms with van der Waals surface area (Å²) in [6, 6.07) is 0. The molecule has 0 amide bonds. The Bertz CT molecular complexity index is 231. The summed E-state index contributed by atoms with van der Waals surface area (Å²) in [4.78, 5) is 14.6. The second-order valence-corrected chi connectivity index (χ2v) is 4.85. The van der Waals surface area contributed by atoms with Crippen LogP contribution in [-0.2, 0) is 4.79 Å². The zero-order valence-corrected chi connectivity index (χ0v) is 8.80. The summed E-state index contributed by atoms with van der Waals surface area (Å²) >= 11 is 0. The molecule has 0 N–H and O–H groups in total. The van der Waals surface area contributed by atoms with Gasteiger partial charge in [-0.1, -0.05) is 25.7 Å². The summed E-state index contributed by atoms with van der Waals surface area (Å²) in [6.07, 6.45) is 13.3. The van der Waals surface area contributed by atoms with Crippen molar-refractivity contribution in [1.82, 2.24) is 0 Å². The molecule has 0 radical (unpaired) electrons. The largest absolute Gasteiger partial charge is 0.235 e. The third kappa shape index (κ3) is 1.76. The van der Waals surface area contributed by atoms with Crippen LogP contribution in [0.3, 0.4) is 0 Å². The van der Waals surface area contributed by atoms with Crippen molar-refractivity contribution in [2.45, 2.75) is 63.3 Å². The highest BCUT2D eigenvalue weighted by atomic mass is 16.1. The van der Waals surface area contributed by atoms with Crippen LogP contribution in [0.1, 0.15) is 57.8 Å². The highest BCUT2D eigenvalue weighted by molar-refractivity contribution is 5.35. The third-order valence-electron chi connectivity index (χ3n) is 4.10. The molecule has 2 nitrogen and oxygen atoms in total. The number of hydrogen-bond acceptors (Lipinski definition) is 2. The van der Waals surface area contributed by atoms with Crippen molar-refractivity contribution in [2.75, 3.05) is 0 Å².